The van der Waals surface area contributed by atoms with E-state index < -0.39 is 35.3 Å². The molecule has 2 heterocycles. The maximum atomic E-state index is 13.7. The van der Waals surface area contributed by atoms with Crippen LogP contribution in [0.3, 0.4) is 0 Å². The van der Waals surface area contributed by atoms with Crippen LogP contribution in [0.1, 0.15) is 28.8 Å². The third-order valence-corrected chi connectivity index (χ3v) is 5.82. The molecule has 8 heteroatoms. The summed E-state index contributed by atoms with van der Waals surface area (Å²) in [7, 11) is 0. The second-order valence-electron chi connectivity index (χ2n) is 7.68. The summed E-state index contributed by atoms with van der Waals surface area (Å²) in [6.45, 7) is 1.84. The maximum absolute atomic E-state index is 13.7. The van der Waals surface area contributed by atoms with Crippen LogP contribution in [0.2, 0.25) is 0 Å². The van der Waals surface area contributed by atoms with Gasteiger partial charge in [-0.3, -0.25) is 14.6 Å². The summed E-state index contributed by atoms with van der Waals surface area (Å²) in [5, 5.41) is 9.62. The molecule has 0 saturated carbocycles. The Kier molecular flexibility index (Phi) is 5.53. The zero-order chi connectivity index (χ0) is 21.3. The van der Waals surface area contributed by atoms with Crippen LogP contribution < -0.4 is 0 Å². The highest BCUT2D eigenvalue weighted by Crippen LogP contribution is 2.38. The molecule has 1 spiro atoms. The van der Waals surface area contributed by atoms with Crippen molar-refractivity contribution in [3.8, 4) is 0 Å². The Morgan fingerprint density at radius 3 is 2.40 bits per heavy atom. The molecular formula is C22H22F2N2O4. The van der Waals surface area contributed by atoms with E-state index in [1.807, 2.05) is 30.3 Å². The number of ether oxygens (including phenoxy) is 1. The molecule has 2 aromatic carbocycles. The summed E-state index contributed by atoms with van der Waals surface area (Å²) in [6, 6.07) is 11.6. The number of halogens is 2. The highest BCUT2D eigenvalue weighted by atomic mass is 19.2. The molecule has 0 radical (unpaired) electrons. The van der Waals surface area contributed by atoms with Crippen molar-refractivity contribution in [2.24, 2.45) is 0 Å². The number of nitrogens with zero attached hydrogens (tertiary/aromatic N) is 2. The first-order valence-corrected chi connectivity index (χ1v) is 9.81. The Bertz CT molecular complexity index is 945. The summed E-state index contributed by atoms with van der Waals surface area (Å²) >= 11 is 0. The van der Waals surface area contributed by atoms with Gasteiger partial charge in [0.15, 0.2) is 17.7 Å². The molecule has 6 nitrogen and oxygen atoms in total. The molecule has 2 aromatic rings. The Balaban J connectivity index is 1.55. The second-order valence-corrected chi connectivity index (χ2v) is 7.68. The minimum atomic E-state index is -1.19. The van der Waals surface area contributed by atoms with Crippen molar-refractivity contribution < 1.29 is 28.2 Å². The predicted octanol–water partition coefficient (Wildman–Crippen LogP) is 2.88. The number of likely N-dealkylation sites (tertiary alicyclic amines) is 1. The molecule has 4 rings (SSSR count). The third-order valence-electron chi connectivity index (χ3n) is 5.82. The molecule has 1 amide bonds. The van der Waals surface area contributed by atoms with Crippen LogP contribution in [0.15, 0.2) is 48.5 Å². The van der Waals surface area contributed by atoms with Crippen LogP contribution in [-0.2, 0) is 16.1 Å². The van der Waals surface area contributed by atoms with Gasteiger partial charge in [0.05, 0.1) is 6.61 Å². The van der Waals surface area contributed by atoms with Crippen LogP contribution in [0.5, 0.6) is 0 Å². The molecule has 0 aromatic heterocycles. The molecule has 30 heavy (non-hydrogen) atoms. The third kappa shape index (κ3) is 3.80. The molecule has 2 saturated heterocycles. The topological polar surface area (TPSA) is 70.1 Å². The van der Waals surface area contributed by atoms with Gasteiger partial charge in [-0.1, -0.05) is 30.3 Å². The van der Waals surface area contributed by atoms with E-state index in [1.165, 1.54) is 10.5 Å². The number of amides is 1. The minimum Gasteiger partial charge on any atom is -0.480 e. The summed E-state index contributed by atoms with van der Waals surface area (Å²) in [4.78, 5) is 28.4. The second kappa shape index (κ2) is 8.12. The molecule has 0 bridgehead atoms. The zero-order valence-electron chi connectivity index (χ0n) is 16.3. The Labute approximate surface area is 172 Å². The van der Waals surface area contributed by atoms with Gasteiger partial charge >= 0.3 is 5.97 Å². The number of rotatable bonds is 4. The average Bonchev–Trinajstić information content (AvgIpc) is 3.11. The highest BCUT2D eigenvalue weighted by Gasteiger charge is 2.54. The Morgan fingerprint density at radius 1 is 1.07 bits per heavy atom. The number of carbonyl (C=O) groups excluding carboxylic acids is 1. The lowest BCUT2D eigenvalue weighted by Gasteiger charge is -2.44. The van der Waals surface area contributed by atoms with E-state index >= 15 is 0 Å². The quantitative estimate of drug-likeness (QED) is 0.830. The molecule has 2 fully saturated rings. The van der Waals surface area contributed by atoms with Gasteiger partial charge in [-0.25, -0.2) is 13.6 Å². The summed E-state index contributed by atoms with van der Waals surface area (Å²) < 4.78 is 32.9. The zero-order valence-corrected chi connectivity index (χ0v) is 16.3. The molecule has 158 valence electrons. The molecular weight excluding hydrogens is 394 g/mol. The maximum Gasteiger partial charge on any atom is 0.328 e. The van der Waals surface area contributed by atoms with Crippen LogP contribution in [0.4, 0.5) is 8.78 Å². The van der Waals surface area contributed by atoms with Gasteiger partial charge in [-0.2, -0.15) is 0 Å². The fourth-order valence-electron chi connectivity index (χ4n) is 4.23. The SMILES string of the molecule is O=C(O)[C@@H]1COC2(CCN(Cc3ccccc3)CC2)N1C(=O)c1ccc(F)c(F)c1. The van der Waals surface area contributed by atoms with Gasteiger partial charge in [0.25, 0.3) is 5.91 Å². The summed E-state index contributed by atoms with van der Waals surface area (Å²) in [5.74, 6) is -4.08. The standard InChI is InChI=1S/C22H22F2N2O4/c23-17-7-6-16(12-18(17)24)20(27)26-19(21(28)29)14-30-22(26)8-10-25(11-9-22)13-15-4-2-1-3-5-15/h1-7,12,19H,8-11,13-14H2,(H,28,29)/t19-/m0/s1. The van der Waals surface area contributed by atoms with E-state index in [-0.39, 0.29) is 12.2 Å². The molecule has 1 N–H and O–H groups in total. The Morgan fingerprint density at radius 2 is 1.77 bits per heavy atom. The van der Waals surface area contributed by atoms with E-state index in [4.69, 9.17) is 4.74 Å². The van der Waals surface area contributed by atoms with Gasteiger partial charge in [0.2, 0.25) is 0 Å². The monoisotopic (exact) mass is 416 g/mol. The fourth-order valence-corrected chi connectivity index (χ4v) is 4.23. The fraction of sp³-hybridized carbons (Fsp3) is 0.364. The van der Waals surface area contributed by atoms with Crippen molar-refractivity contribution >= 4 is 11.9 Å². The van der Waals surface area contributed by atoms with Crippen molar-refractivity contribution in [3.63, 3.8) is 0 Å². The number of benzene rings is 2. The highest BCUT2D eigenvalue weighted by molar-refractivity contribution is 5.97. The minimum absolute atomic E-state index is 0.100. The lowest BCUT2D eigenvalue weighted by molar-refractivity contribution is -0.144. The van der Waals surface area contributed by atoms with Gasteiger partial charge in [-0.15, -0.1) is 0 Å². The average molecular weight is 416 g/mol. The summed E-state index contributed by atoms with van der Waals surface area (Å²) in [6.07, 6.45) is 0.859. The van der Waals surface area contributed by atoms with Crippen LogP contribution in [0.25, 0.3) is 0 Å². The largest absolute Gasteiger partial charge is 0.480 e. The molecule has 1 atom stereocenters. The summed E-state index contributed by atoms with van der Waals surface area (Å²) in [5.41, 5.74) is -0.00581. The van der Waals surface area contributed by atoms with Crippen molar-refractivity contribution in [3.05, 3.63) is 71.3 Å². The van der Waals surface area contributed by atoms with Crippen LogP contribution in [-0.4, -0.2) is 58.2 Å². The van der Waals surface area contributed by atoms with Gasteiger partial charge in [0, 0.05) is 38.0 Å². The molecule has 2 aliphatic heterocycles. The molecule has 0 unspecified atom stereocenters. The van der Waals surface area contributed by atoms with Gasteiger partial charge in [0.1, 0.15) is 5.72 Å². The smallest absolute Gasteiger partial charge is 0.328 e. The van der Waals surface area contributed by atoms with E-state index in [1.54, 1.807) is 0 Å². The first-order chi connectivity index (χ1) is 14.4. The lowest BCUT2D eigenvalue weighted by atomic mass is 9.96. The first kappa shape index (κ1) is 20.4. The van der Waals surface area contributed by atoms with Crippen molar-refractivity contribution in [2.45, 2.75) is 31.2 Å². The molecule has 2 aliphatic rings. The van der Waals surface area contributed by atoms with E-state index in [0.29, 0.717) is 25.9 Å². The van der Waals surface area contributed by atoms with E-state index in [9.17, 15) is 23.5 Å². The lowest BCUT2D eigenvalue weighted by Crippen LogP contribution is -2.58. The van der Waals surface area contributed by atoms with Crippen molar-refractivity contribution in [2.75, 3.05) is 19.7 Å². The van der Waals surface area contributed by atoms with Gasteiger partial charge in [-0.05, 0) is 23.8 Å². The van der Waals surface area contributed by atoms with Crippen LogP contribution >= 0.6 is 0 Å². The van der Waals surface area contributed by atoms with Crippen LogP contribution in [0, 0.1) is 11.6 Å². The number of carboxylic acid groups (broad SMARTS) is 1. The van der Waals surface area contributed by atoms with E-state index in [0.717, 1.165) is 24.7 Å². The Hall–Kier alpha value is -2.84. The number of aliphatic carboxylic acids is 1. The number of piperidine rings is 1. The van der Waals surface area contributed by atoms with E-state index in [2.05, 4.69) is 4.90 Å². The predicted molar refractivity (Wildman–Crippen MR) is 104 cm³/mol. The van der Waals surface area contributed by atoms with Crippen molar-refractivity contribution in [1.82, 2.24) is 9.80 Å². The number of hydrogen-bond donors (Lipinski definition) is 1. The number of carbonyl (C=O) groups is 2. The number of hydrogen-bond acceptors (Lipinski definition) is 4. The van der Waals surface area contributed by atoms with Crippen molar-refractivity contribution in [1.29, 1.82) is 0 Å². The number of carboxylic acids is 1. The van der Waals surface area contributed by atoms with Gasteiger partial charge < -0.3 is 9.84 Å². The normalized spacial score (nSPS) is 21.1. The first-order valence-electron chi connectivity index (χ1n) is 9.81. The molecule has 0 aliphatic carbocycles.